The molecule has 1 unspecified atom stereocenters. The van der Waals surface area contributed by atoms with Crippen LogP contribution in [0.5, 0.6) is 0 Å². The fraction of sp³-hybridized carbons (Fsp3) is 0.462. The van der Waals surface area contributed by atoms with E-state index in [-0.39, 0.29) is 0 Å². The second kappa shape index (κ2) is 6.50. The molecule has 0 aliphatic heterocycles. The maximum atomic E-state index is 4.46. The molecule has 5 heteroatoms. The highest BCUT2D eigenvalue weighted by molar-refractivity contribution is 9.11. The van der Waals surface area contributed by atoms with Crippen molar-refractivity contribution < 1.29 is 0 Å². The Labute approximate surface area is 120 Å². The minimum atomic E-state index is 0.338. The lowest BCUT2D eigenvalue weighted by molar-refractivity contribution is 0.523. The molecule has 98 valence electrons. The molecule has 2 aromatic rings. The molecule has 0 spiro atoms. The molecular formula is C13H18BrN3S. The molecule has 0 amide bonds. The Morgan fingerprint density at radius 1 is 1.50 bits per heavy atom. The molecule has 0 saturated heterocycles. The molecule has 3 nitrogen and oxygen atoms in total. The van der Waals surface area contributed by atoms with Crippen LogP contribution in [0.15, 0.2) is 27.6 Å². The first kappa shape index (κ1) is 13.8. The third-order valence-corrected chi connectivity index (χ3v) is 4.49. The van der Waals surface area contributed by atoms with Gasteiger partial charge in [-0.2, -0.15) is 0 Å². The highest BCUT2D eigenvalue weighted by atomic mass is 79.9. The molecule has 0 bridgehead atoms. The topological polar surface area (TPSA) is 29.9 Å². The van der Waals surface area contributed by atoms with Gasteiger partial charge >= 0.3 is 0 Å². The van der Waals surface area contributed by atoms with Gasteiger partial charge in [0.05, 0.1) is 3.79 Å². The third-order valence-electron chi connectivity index (χ3n) is 2.97. The molecule has 2 heterocycles. The van der Waals surface area contributed by atoms with E-state index in [4.69, 9.17) is 0 Å². The number of imidazole rings is 1. The Kier molecular flexibility index (Phi) is 4.97. The van der Waals surface area contributed by atoms with Gasteiger partial charge in [0.15, 0.2) is 0 Å². The summed E-state index contributed by atoms with van der Waals surface area (Å²) in [4.78, 5) is 4.46. The van der Waals surface area contributed by atoms with Gasteiger partial charge in [-0.1, -0.05) is 6.92 Å². The van der Waals surface area contributed by atoms with E-state index in [1.807, 2.05) is 12.4 Å². The summed E-state index contributed by atoms with van der Waals surface area (Å²) in [6, 6.07) is 2.53. The SMILES string of the molecule is CCNC(Cc1nccn1CC)c1csc(Br)c1. The molecule has 0 radical (unpaired) electrons. The second-order valence-electron chi connectivity index (χ2n) is 4.13. The molecule has 2 rings (SSSR count). The summed E-state index contributed by atoms with van der Waals surface area (Å²) >= 11 is 5.26. The minimum Gasteiger partial charge on any atom is -0.335 e. The zero-order chi connectivity index (χ0) is 13.0. The third kappa shape index (κ3) is 3.22. The van der Waals surface area contributed by atoms with Gasteiger partial charge in [-0.25, -0.2) is 4.98 Å². The average Bonchev–Trinajstić information content (AvgIpc) is 2.97. The number of hydrogen-bond acceptors (Lipinski definition) is 3. The standard InChI is InChI=1S/C13H18BrN3S/c1-3-15-11(10-7-12(14)18-9-10)8-13-16-5-6-17(13)4-2/h5-7,9,11,15H,3-4,8H2,1-2H3. The van der Waals surface area contributed by atoms with Crippen molar-refractivity contribution >= 4 is 27.3 Å². The number of rotatable bonds is 6. The zero-order valence-electron chi connectivity index (χ0n) is 10.7. The first-order chi connectivity index (χ1) is 8.74. The van der Waals surface area contributed by atoms with Gasteiger partial charge in [-0.3, -0.25) is 0 Å². The lowest BCUT2D eigenvalue weighted by Gasteiger charge is -2.17. The van der Waals surface area contributed by atoms with Crippen LogP contribution in [0.1, 0.15) is 31.3 Å². The van der Waals surface area contributed by atoms with E-state index in [2.05, 4.69) is 56.1 Å². The number of hydrogen-bond donors (Lipinski definition) is 1. The summed E-state index contributed by atoms with van der Waals surface area (Å²) in [5, 5.41) is 5.74. The van der Waals surface area contributed by atoms with Crippen molar-refractivity contribution in [2.24, 2.45) is 0 Å². The van der Waals surface area contributed by atoms with Crippen molar-refractivity contribution in [2.45, 2.75) is 32.9 Å². The van der Waals surface area contributed by atoms with E-state index in [9.17, 15) is 0 Å². The lowest BCUT2D eigenvalue weighted by atomic mass is 10.1. The van der Waals surface area contributed by atoms with Crippen molar-refractivity contribution in [3.8, 4) is 0 Å². The normalized spacial score (nSPS) is 12.8. The monoisotopic (exact) mass is 327 g/mol. The zero-order valence-corrected chi connectivity index (χ0v) is 13.1. The summed E-state index contributed by atoms with van der Waals surface area (Å²) in [5.41, 5.74) is 1.33. The van der Waals surface area contributed by atoms with Crippen molar-refractivity contribution in [1.29, 1.82) is 0 Å². The molecule has 0 aliphatic carbocycles. The highest BCUT2D eigenvalue weighted by Gasteiger charge is 2.15. The van der Waals surface area contributed by atoms with Gasteiger partial charge < -0.3 is 9.88 Å². The summed E-state index contributed by atoms with van der Waals surface area (Å²) in [7, 11) is 0. The number of aryl methyl sites for hydroxylation is 1. The van der Waals surface area contributed by atoms with Crippen LogP contribution in [0, 0.1) is 0 Å². The molecule has 0 saturated carbocycles. The number of likely N-dealkylation sites (N-methyl/N-ethyl adjacent to an activating group) is 1. The van der Waals surface area contributed by atoms with Crippen LogP contribution in [0.2, 0.25) is 0 Å². The number of thiophene rings is 1. The fourth-order valence-electron chi connectivity index (χ4n) is 2.06. The number of halogens is 1. The largest absolute Gasteiger partial charge is 0.335 e. The smallest absolute Gasteiger partial charge is 0.110 e. The average molecular weight is 328 g/mol. The van der Waals surface area contributed by atoms with E-state index in [0.717, 1.165) is 25.3 Å². The minimum absolute atomic E-state index is 0.338. The van der Waals surface area contributed by atoms with Crippen molar-refractivity contribution in [3.63, 3.8) is 0 Å². The first-order valence-corrected chi connectivity index (χ1v) is 7.89. The first-order valence-electron chi connectivity index (χ1n) is 6.21. The molecule has 1 atom stereocenters. The van der Waals surface area contributed by atoms with Crippen LogP contribution in [-0.2, 0) is 13.0 Å². The number of nitrogens with one attached hydrogen (secondary N) is 1. The van der Waals surface area contributed by atoms with Gasteiger partial charge in [0, 0.05) is 31.4 Å². The van der Waals surface area contributed by atoms with E-state index < -0.39 is 0 Å². The van der Waals surface area contributed by atoms with Crippen LogP contribution in [0.25, 0.3) is 0 Å². The van der Waals surface area contributed by atoms with Gasteiger partial charge in [0.25, 0.3) is 0 Å². The van der Waals surface area contributed by atoms with Crippen LogP contribution < -0.4 is 5.32 Å². The molecule has 0 fully saturated rings. The number of nitrogens with zero attached hydrogens (tertiary/aromatic N) is 2. The molecule has 0 aromatic carbocycles. The van der Waals surface area contributed by atoms with E-state index in [1.54, 1.807) is 11.3 Å². The predicted molar refractivity (Wildman–Crippen MR) is 80.0 cm³/mol. The molecule has 2 aromatic heterocycles. The van der Waals surface area contributed by atoms with Crippen molar-refractivity contribution in [1.82, 2.24) is 14.9 Å². The van der Waals surface area contributed by atoms with Crippen LogP contribution in [0.4, 0.5) is 0 Å². The van der Waals surface area contributed by atoms with E-state index >= 15 is 0 Å². The van der Waals surface area contributed by atoms with Crippen LogP contribution in [-0.4, -0.2) is 16.1 Å². The van der Waals surface area contributed by atoms with Gasteiger partial charge in [0.1, 0.15) is 5.82 Å². The van der Waals surface area contributed by atoms with Crippen LogP contribution >= 0.6 is 27.3 Å². The summed E-state index contributed by atoms with van der Waals surface area (Å²) in [5.74, 6) is 1.14. The second-order valence-corrected chi connectivity index (χ2v) is 6.42. The van der Waals surface area contributed by atoms with E-state index in [1.165, 1.54) is 9.35 Å². The predicted octanol–water partition coefficient (Wildman–Crippen LogP) is 3.62. The quantitative estimate of drug-likeness (QED) is 0.878. The maximum Gasteiger partial charge on any atom is 0.110 e. The maximum absolute atomic E-state index is 4.46. The molecular weight excluding hydrogens is 310 g/mol. The Bertz CT molecular complexity index is 492. The highest BCUT2D eigenvalue weighted by Crippen LogP contribution is 2.27. The Balaban J connectivity index is 2.16. The van der Waals surface area contributed by atoms with Crippen molar-refractivity contribution in [2.75, 3.05) is 6.54 Å². The molecule has 0 aliphatic rings. The lowest BCUT2D eigenvalue weighted by Crippen LogP contribution is -2.23. The Hall–Kier alpha value is -0.650. The Morgan fingerprint density at radius 2 is 2.33 bits per heavy atom. The van der Waals surface area contributed by atoms with Gasteiger partial charge in [0.2, 0.25) is 0 Å². The van der Waals surface area contributed by atoms with Gasteiger partial charge in [-0.15, -0.1) is 11.3 Å². The number of aromatic nitrogens is 2. The summed E-state index contributed by atoms with van der Waals surface area (Å²) in [6.07, 6.45) is 4.85. The Morgan fingerprint density at radius 3 is 2.94 bits per heavy atom. The fourth-order valence-corrected chi connectivity index (χ4v) is 3.29. The molecule has 18 heavy (non-hydrogen) atoms. The summed E-state index contributed by atoms with van der Waals surface area (Å²) in [6.45, 7) is 6.22. The summed E-state index contributed by atoms with van der Waals surface area (Å²) < 4.78 is 3.38. The van der Waals surface area contributed by atoms with Crippen molar-refractivity contribution in [3.05, 3.63) is 39.0 Å². The molecule has 1 N–H and O–H groups in total. The van der Waals surface area contributed by atoms with Gasteiger partial charge in [-0.05, 0) is 46.4 Å². The van der Waals surface area contributed by atoms with Crippen LogP contribution in [0.3, 0.4) is 0 Å². The van der Waals surface area contributed by atoms with E-state index in [0.29, 0.717) is 6.04 Å².